The average Bonchev–Trinajstić information content (AvgIpc) is 2.83. The standard InChI is InChI=1S/C15H20F3N3O2/c16-15(17,18)10-20-14(23)19-7-12-6-13(22)9-21(12)8-11-4-2-1-3-5-11/h1-5,12-13,22H,6-10H2,(H2,19,20,23). The molecule has 0 aliphatic carbocycles. The minimum absolute atomic E-state index is 0.109. The maximum atomic E-state index is 12.0. The largest absolute Gasteiger partial charge is 0.405 e. The van der Waals surface area contributed by atoms with E-state index < -0.39 is 24.9 Å². The molecule has 1 aromatic carbocycles. The number of halogens is 3. The fourth-order valence-corrected chi connectivity index (χ4v) is 2.63. The number of carbonyl (C=O) groups excluding carboxylic acids is 1. The number of aliphatic hydroxyl groups is 1. The highest BCUT2D eigenvalue weighted by Crippen LogP contribution is 2.20. The quantitative estimate of drug-likeness (QED) is 0.766. The molecule has 1 fully saturated rings. The van der Waals surface area contributed by atoms with Crippen molar-refractivity contribution >= 4 is 6.03 Å². The van der Waals surface area contributed by atoms with Crippen LogP contribution in [0.5, 0.6) is 0 Å². The number of alkyl halides is 3. The summed E-state index contributed by atoms with van der Waals surface area (Å²) in [6.07, 6.45) is -4.45. The van der Waals surface area contributed by atoms with Crippen molar-refractivity contribution in [1.82, 2.24) is 15.5 Å². The van der Waals surface area contributed by atoms with E-state index in [2.05, 4.69) is 5.32 Å². The molecule has 1 aliphatic heterocycles. The Hall–Kier alpha value is -1.80. The minimum atomic E-state index is -4.43. The summed E-state index contributed by atoms with van der Waals surface area (Å²) < 4.78 is 36.1. The van der Waals surface area contributed by atoms with Crippen LogP contribution in [0.4, 0.5) is 18.0 Å². The Morgan fingerprint density at radius 2 is 1.96 bits per heavy atom. The smallest absolute Gasteiger partial charge is 0.392 e. The van der Waals surface area contributed by atoms with Gasteiger partial charge in [-0.15, -0.1) is 0 Å². The number of nitrogens with one attached hydrogen (secondary N) is 2. The predicted molar refractivity (Wildman–Crippen MR) is 78.7 cm³/mol. The molecular formula is C15H20F3N3O2. The first-order valence-corrected chi connectivity index (χ1v) is 7.38. The van der Waals surface area contributed by atoms with E-state index >= 15 is 0 Å². The van der Waals surface area contributed by atoms with Gasteiger partial charge in [-0.05, 0) is 12.0 Å². The minimum Gasteiger partial charge on any atom is -0.392 e. The molecule has 3 N–H and O–H groups in total. The Morgan fingerprint density at radius 3 is 2.61 bits per heavy atom. The van der Waals surface area contributed by atoms with Crippen molar-refractivity contribution < 1.29 is 23.1 Å². The molecule has 128 valence electrons. The lowest BCUT2D eigenvalue weighted by molar-refractivity contribution is -0.122. The molecule has 1 saturated heterocycles. The van der Waals surface area contributed by atoms with Gasteiger partial charge in [-0.1, -0.05) is 30.3 Å². The van der Waals surface area contributed by atoms with Gasteiger partial charge in [-0.3, -0.25) is 4.90 Å². The summed E-state index contributed by atoms with van der Waals surface area (Å²) in [6, 6.07) is 8.70. The van der Waals surface area contributed by atoms with Crippen LogP contribution in [0.1, 0.15) is 12.0 Å². The number of hydrogen-bond acceptors (Lipinski definition) is 3. The van der Waals surface area contributed by atoms with Crippen LogP contribution in [0.3, 0.4) is 0 Å². The Bertz CT molecular complexity index is 510. The van der Waals surface area contributed by atoms with Crippen molar-refractivity contribution in [2.24, 2.45) is 0 Å². The molecule has 0 radical (unpaired) electrons. The summed E-state index contributed by atoms with van der Waals surface area (Å²) in [5.74, 6) is 0. The van der Waals surface area contributed by atoms with Gasteiger partial charge < -0.3 is 15.7 Å². The number of aliphatic hydroxyl groups excluding tert-OH is 1. The molecule has 0 saturated carbocycles. The number of hydrogen-bond donors (Lipinski definition) is 3. The summed E-state index contributed by atoms with van der Waals surface area (Å²) in [4.78, 5) is 13.4. The fraction of sp³-hybridized carbons (Fsp3) is 0.533. The number of urea groups is 1. The number of rotatable bonds is 5. The second-order valence-electron chi connectivity index (χ2n) is 5.64. The zero-order chi connectivity index (χ0) is 16.9. The molecule has 1 aliphatic rings. The van der Waals surface area contributed by atoms with Gasteiger partial charge in [-0.25, -0.2) is 4.79 Å². The number of nitrogens with zero attached hydrogens (tertiary/aromatic N) is 1. The van der Waals surface area contributed by atoms with Gasteiger partial charge >= 0.3 is 12.2 Å². The highest BCUT2D eigenvalue weighted by molar-refractivity contribution is 5.73. The SMILES string of the molecule is O=C(NCC1CC(O)CN1Cc1ccccc1)NCC(F)(F)F. The Morgan fingerprint density at radius 1 is 1.26 bits per heavy atom. The highest BCUT2D eigenvalue weighted by Gasteiger charge is 2.31. The van der Waals surface area contributed by atoms with Gasteiger partial charge in [0, 0.05) is 25.7 Å². The van der Waals surface area contributed by atoms with E-state index in [1.807, 2.05) is 35.2 Å². The van der Waals surface area contributed by atoms with Crippen molar-refractivity contribution in [2.45, 2.75) is 31.3 Å². The summed E-state index contributed by atoms with van der Waals surface area (Å²) in [6.45, 7) is -0.0761. The van der Waals surface area contributed by atoms with Crippen molar-refractivity contribution in [1.29, 1.82) is 0 Å². The zero-order valence-electron chi connectivity index (χ0n) is 12.5. The number of benzene rings is 1. The highest BCUT2D eigenvalue weighted by atomic mass is 19.4. The zero-order valence-corrected chi connectivity index (χ0v) is 12.5. The maximum absolute atomic E-state index is 12.0. The summed E-state index contributed by atoms with van der Waals surface area (Å²) in [7, 11) is 0. The molecule has 0 aromatic heterocycles. The van der Waals surface area contributed by atoms with Crippen molar-refractivity contribution in [3.8, 4) is 0 Å². The van der Waals surface area contributed by atoms with E-state index in [0.717, 1.165) is 5.56 Å². The van der Waals surface area contributed by atoms with Gasteiger partial charge in [0.25, 0.3) is 0 Å². The molecule has 2 atom stereocenters. The maximum Gasteiger partial charge on any atom is 0.405 e. The lowest BCUT2D eigenvalue weighted by Crippen LogP contribution is -2.45. The van der Waals surface area contributed by atoms with Crippen LogP contribution in [0, 0.1) is 0 Å². The lowest BCUT2D eigenvalue weighted by Gasteiger charge is -2.24. The number of β-amino-alcohol motifs (C(OH)–C–C–N with tert-alkyl or cyclic N) is 1. The van der Waals surface area contributed by atoms with Crippen LogP contribution < -0.4 is 10.6 Å². The van der Waals surface area contributed by atoms with Gasteiger partial charge in [-0.2, -0.15) is 13.2 Å². The van der Waals surface area contributed by atoms with Crippen LogP contribution in [-0.4, -0.2) is 54.0 Å². The molecule has 0 spiro atoms. The van der Waals surface area contributed by atoms with Gasteiger partial charge in [0.1, 0.15) is 6.54 Å². The molecule has 0 bridgehead atoms. The number of amides is 2. The molecule has 1 aromatic rings. The molecule has 2 rings (SSSR count). The molecular weight excluding hydrogens is 311 g/mol. The fourth-order valence-electron chi connectivity index (χ4n) is 2.63. The third kappa shape index (κ3) is 6.07. The number of carbonyl (C=O) groups is 1. The molecule has 8 heteroatoms. The van der Waals surface area contributed by atoms with E-state index in [1.165, 1.54) is 0 Å². The van der Waals surface area contributed by atoms with Crippen LogP contribution >= 0.6 is 0 Å². The van der Waals surface area contributed by atoms with E-state index in [1.54, 1.807) is 5.32 Å². The van der Waals surface area contributed by atoms with Crippen LogP contribution in [0.25, 0.3) is 0 Å². The van der Waals surface area contributed by atoms with E-state index in [9.17, 15) is 23.1 Å². The van der Waals surface area contributed by atoms with Crippen LogP contribution in [0.2, 0.25) is 0 Å². The molecule has 1 heterocycles. The third-order valence-electron chi connectivity index (χ3n) is 3.68. The van der Waals surface area contributed by atoms with Crippen LogP contribution in [0.15, 0.2) is 30.3 Å². The topological polar surface area (TPSA) is 64.6 Å². The average molecular weight is 331 g/mol. The summed E-state index contributed by atoms with van der Waals surface area (Å²) in [5.41, 5.74) is 1.08. The Balaban J connectivity index is 1.81. The van der Waals surface area contributed by atoms with Gasteiger partial charge in [0.05, 0.1) is 6.10 Å². The summed E-state index contributed by atoms with van der Waals surface area (Å²) in [5, 5.41) is 14.0. The monoisotopic (exact) mass is 331 g/mol. The second kappa shape index (κ2) is 7.65. The van der Waals surface area contributed by atoms with E-state index in [0.29, 0.717) is 19.5 Å². The molecule has 23 heavy (non-hydrogen) atoms. The predicted octanol–water partition coefficient (Wildman–Crippen LogP) is 1.48. The van der Waals surface area contributed by atoms with Gasteiger partial charge in [0.2, 0.25) is 0 Å². The normalized spacial score (nSPS) is 22.1. The van der Waals surface area contributed by atoms with Crippen molar-refractivity contribution in [3.05, 3.63) is 35.9 Å². The first-order valence-electron chi connectivity index (χ1n) is 7.38. The first kappa shape index (κ1) is 17.6. The van der Waals surface area contributed by atoms with E-state index in [-0.39, 0.29) is 12.6 Å². The van der Waals surface area contributed by atoms with E-state index in [4.69, 9.17) is 0 Å². The Labute approximate surface area is 132 Å². The first-order chi connectivity index (χ1) is 10.8. The lowest BCUT2D eigenvalue weighted by atomic mass is 10.1. The van der Waals surface area contributed by atoms with Crippen molar-refractivity contribution in [3.63, 3.8) is 0 Å². The molecule has 2 unspecified atom stereocenters. The molecule has 5 nitrogen and oxygen atoms in total. The summed E-state index contributed by atoms with van der Waals surface area (Å²) >= 11 is 0. The van der Waals surface area contributed by atoms with Crippen molar-refractivity contribution in [2.75, 3.05) is 19.6 Å². The Kier molecular flexibility index (Phi) is 5.84. The third-order valence-corrected chi connectivity index (χ3v) is 3.68. The van der Waals surface area contributed by atoms with Crippen LogP contribution in [-0.2, 0) is 6.54 Å². The number of likely N-dealkylation sites (tertiary alicyclic amines) is 1. The second-order valence-corrected chi connectivity index (χ2v) is 5.64. The molecule has 2 amide bonds. The van der Waals surface area contributed by atoms with Gasteiger partial charge in [0.15, 0.2) is 0 Å².